The van der Waals surface area contributed by atoms with Gasteiger partial charge in [0.25, 0.3) is 0 Å². The fourth-order valence-corrected chi connectivity index (χ4v) is 1.69. The highest BCUT2D eigenvalue weighted by molar-refractivity contribution is 5.76. The van der Waals surface area contributed by atoms with E-state index in [1.165, 1.54) is 0 Å². The molecule has 0 spiro atoms. The molecule has 0 radical (unpaired) electrons. The van der Waals surface area contributed by atoms with E-state index in [2.05, 4.69) is 5.32 Å². The molecule has 1 unspecified atom stereocenters. The molecule has 0 rings (SSSR count). The minimum absolute atomic E-state index is 0.000931. The Balaban J connectivity index is 3.97. The Morgan fingerprint density at radius 3 is 2.47 bits per heavy atom. The topological polar surface area (TPSA) is 75.6 Å². The van der Waals surface area contributed by atoms with Crippen molar-refractivity contribution in [2.75, 3.05) is 20.3 Å². The maximum atomic E-state index is 11.3. The monoisotopic (exact) mass is 245 g/mol. The lowest BCUT2D eigenvalue weighted by molar-refractivity contribution is -0.138. The fraction of sp³-hybridized carbons (Fsp3) is 0.833. The number of hydrogen-bond acceptors (Lipinski definition) is 3. The third kappa shape index (κ3) is 9.81. The summed E-state index contributed by atoms with van der Waals surface area (Å²) in [6, 6.07) is 0. The van der Waals surface area contributed by atoms with Gasteiger partial charge >= 0.3 is 5.97 Å². The number of ether oxygens (including phenoxy) is 1. The first kappa shape index (κ1) is 15.9. The lowest BCUT2D eigenvalue weighted by Gasteiger charge is -2.17. The van der Waals surface area contributed by atoms with Crippen LogP contribution in [0.2, 0.25) is 0 Å². The minimum atomic E-state index is -0.818. The normalized spacial score (nSPS) is 12.5. The highest BCUT2D eigenvalue weighted by Crippen LogP contribution is 2.14. The Hall–Kier alpha value is -1.10. The Morgan fingerprint density at radius 1 is 1.35 bits per heavy atom. The first-order valence-corrected chi connectivity index (χ1v) is 5.93. The van der Waals surface area contributed by atoms with Crippen molar-refractivity contribution in [1.82, 2.24) is 5.32 Å². The van der Waals surface area contributed by atoms with Gasteiger partial charge in [0.05, 0.1) is 6.61 Å². The number of carbonyl (C=O) groups is 2. The molecule has 0 aromatic heterocycles. The van der Waals surface area contributed by atoms with Gasteiger partial charge in [-0.25, -0.2) is 0 Å². The summed E-state index contributed by atoms with van der Waals surface area (Å²) in [4.78, 5) is 22.0. The first-order chi connectivity index (χ1) is 7.95. The van der Waals surface area contributed by atoms with E-state index in [0.717, 1.165) is 6.42 Å². The van der Waals surface area contributed by atoms with Gasteiger partial charge in [-0.05, 0) is 18.3 Å². The summed E-state index contributed by atoms with van der Waals surface area (Å²) in [5, 5.41) is 11.5. The van der Waals surface area contributed by atoms with Gasteiger partial charge in [0, 0.05) is 26.5 Å². The molecule has 100 valence electrons. The van der Waals surface area contributed by atoms with Crippen LogP contribution in [-0.2, 0) is 14.3 Å². The molecule has 1 amide bonds. The van der Waals surface area contributed by atoms with E-state index in [9.17, 15) is 9.59 Å². The van der Waals surface area contributed by atoms with Crippen molar-refractivity contribution in [1.29, 1.82) is 0 Å². The molecule has 0 aromatic rings. The Labute approximate surface area is 103 Å². The number of methoxy groups -OCH3 is 1. The van der Waals surface area contributed by atoms with Crippen molar-refractivity contribution < 1.29 is 19.4 Å². The highest BCUT2D eigenvalue weighted by atomic mass is 16.5. The van der Waals surface area contributed by atoms with Crippen molar-refractivity contribution in [3.63, 3.8) is 0 Å². The quantitative estimate of drug-likeness (QED) is 0.641. The SMILES string of the molecule is COCCC(=O)NCC(CC(=O)O)CC(C)C. The third-order valence-corrected chi connectivity index (χ3v) is 2.39. The van der Waals surface area contributed by atoms with Crippen LogP contribution in [0.5, 0.6) is 0 Å². The molecule has 0 bridgehead atoms. The molecular formula is C12H23NO4. The Morgan fingerprint density at radius 2 is 2.00 bits per heavy atom. The molecule has 0 saturated carbocycles. The van der Waals surface area contributed by atoms with Crippen LogP contribution in [0.1, 0.15) is 33.1 Å². The van der Waals surface area contributed by atoms with E-state index in [0.29, 0.717) is 25.5 Å². The van der Waals surface area contributed by atoms with Crippen molar-refractivity contribution in [3.8, 4) is 0 Å². The number of carboxylic acid groups (broad SMARTS) is 1. The second-order valence-electron chi connectivity index (χ2n) is 4.64. The number of carbonyl (C=O) groups excluding carboxylic acids is 1. The molecule has 1 atom stereocenters. The molecule has 5 nitrogen and oxygen atoms in total. The predicted molar refractivity (Wildman–Crippen MR) is 64.7 cm³/mol. The van der Waals surface area contributed by atoms with Crippen LogP contribution in [0.4, 0.5) is 0 Å². The van der Waals surface area contributed by atoms with Crippen molar-refractivity contribution in [2.45, 2.75) is 33.1 Å². The summed E-state index contributed by atoms with van der Waals surface area (Å²) < 4.78 is 4.79. The van der Waals surface area contributed by atoms with Gasteiger partial charge in [-0.2, -0.15) is 0 Å². The number of rotatable bonds is 9. The number of nitrogens with one attached hydrogen (secondary N) is 1. The van der Waals surface area contributed by atoms with E-state index in [-0.39, 0.29) is 18.2 Å². The van der Waals surface area contributed by atoms with Crippen LogP contribution >= 0.6 is 0 Å². The molecule has 0 aliphatic heterocycles. The van der Waals surface area contributed by atoms with Gasteiger partial charge in [-0.1, -0.05) is 13.8 Å². The zero-order valence-corrected chi connectivity index (χ0v) is 10.9. The molecule has 0 aliphatic carbocycles. The summed E-state index contributed by atoms with van der Waals surface area (Å²) in [6.07, 6.45) is 1.22. The van der Waals surface area contributed by atoms with Gasteiger partial charge in [0.1, 0.15) is 0 Å². The Kier molecular flexibility index (Phi) is 8.40. The zero-order valence-electron chi connectivity index (χ0n) is 10.9. The molecule has 0 aliphatic rings. The molecule has 5 heteroatoms. The van der Waals surface area contributed by atoms with Crippen molar-refractivity contribution in [2.24, 2.45) is 11.8 Å². The van der Waals surface area contributed by atoms with E-state index >= 15 is 0 Å². The fourth-order valence-electron chi connectivity index (χ4n) is 1.69. The van der Waals surface area contributed by atoms with Crippen LogP contribution in [-0.4, -0.2) is 37.2 Å². The number of amides is 1. The van der Waals surface area contributed by atoms with Crippen LogP contribution in [0.15, 0.2) is 0 Å². The smallest absolute Gasteiger partial charge is 0.303 e. The summed E-state index contributed by atoms with van der Waals surface area (Å²) in [7, 11) is 1.54. The largest absolute Gasteiger partial charge is 0.481 e. The van der Waals surface area contributed by atoms with Crippen LogP contribution in [0.25, 0.3) is 0 Å². The predicted octanol–water partition coefficient (Wildman–Crippen LogP) is 1.28. The van der Waals surface area contributed by atoms with Crippen molar-refractivity contribution in [3.05, 3.63) is 0 Å². The Bertz CT molecular complexity index is 241. The molecule has 0 saturated heterocycles. The lowest BCUT2D eigenvalue weighted by Crippen LogP contribution is -2.31. The van der Waals surface area contributed by atoms with Crippen LogP contribution in [0, 0.1) is 11.8 Å². The highest BCUT2D eigenvalue weighted by Gasteiger charge is 2.15. The summed E-state index contributed by atoms with van der Waals surface area (Å²) in [5.74, 6) is -0.484. The van der Waals surface area contributed by atoms with Crippen LogP contribution in [0.3, 0.4) is 0 Å². The first-order valence-electron chi connectivity index (χ1n) is 5.93. The average Bonchev–Trinajstić information content (AvgIpc) is 2.21. The second-order valence-corrected chi connectivity index (χ2v) is 4.64. The lowest BCUT2D eigenvalue weighted by atomic mass is 9.94. The molecule has 2 N–H and O–H groups in total. The summed E-state index contributed by atoms with van der Waals surface area (Å²) >= 11 is 0. The van der Waals surface area contributed by atoms with E-state index in [1.807, 2.05) is 13.8 Å². The second kappa shape index (κ2) is 8.98. The standard InChI is InChI=1S/C12H23NO4/c1-9(2)6-10(7-12(15)16)8-13-11(14)4-5-17-3/h9-10H,4-8H2,1-3H3,(H,13,14)(H,15,16). The molecule has 0 heterocycles. The number of hydrogen-bond donors (Lipinski definition) is 2. The zero-order chi connectivity index (χ0) is 13.3. The van der Waals surface area contributed by atoms with E-state index in [4.69, 9.17) is 9.84 Å². The van der Waals surface area contributed by atoms with Gasteiger partial charge in [0.15, 0.2) is 0 Å². The number of carboxylic acids is 1. The van der Waals surface area contributed by atoms with Crippen molar-refractivity contribution >= 4 is 11.9 Å². The van der Waals surface area contributed by atoms with E-state index in [1.54, 1.807) is 7.11 Å². The summed E-state index contributed by atoms with van der Waals surface area (Å²) in [6.45, 7) is 4.90. The minimum Gasteiger partial charge on any atom is -0.481 e. The number of aliphatic carboxylic acids is 1. The maximum absolute atomic E-state index is 11.3. The molecule has 17 heavy (non-hydrogen) atoms. The van der Waals surface area contributed by atoms with Gasteiger partial charge in [-0.3, -0.25) is 9.59 Å². The summed E-state index contributed by atoms with van der Waals surface area (Å²) in [5.41, 5.74) is 0. The van der Waals surface area contributed by atoms with Gasteiger partial charge in [0.2, 0.25) is 5.91 Å². The van der Waals surface area contributed by atoms with Gasteiger partial charge in [-0.15, -0.1) is 0 Å². The molecule has 0 fully saturated rings. The molecule has 0 aromatic carbocycles. The van der Waals surface area contributed by atoms with Gasteiger partial charge < -0.3 is 15.2 Å². The molecular weight excluding hydrogens is 222 g/mol. The van der Waals surface area contributed by atoms with E-state index < -0.39 is 5.97 Å². The maximum Gasteiger partial charge on any atom is 0.303 e. The van der Waals surface area contributed by atoms with Crippen LogP contribution < -0.4 is 5.32 Å². The third-order valence-electron chi connectivity index (χ3n) is 2.39. The average molecular weight is 245 g/mol.